The number of rotatable bonds is 2. The molecule has 2 N–H and O–H groups in total. The fourth-order valence-electron chi connectivity index (χ4n) is 1.68. The fourth-order valence-corrected chi connectivity index (χ4v) is 1.86. The van der Waals surface area contributed by atoms with Gasteiger partial charge in [-0.2, -0.15) is 0 Å². The summed E-state index contributed by atoms with van der Waals surface area (Å²) in [6, 6.07) is 8.20. The van der Waals surface area contributed by atoms with Gasteiger partial charge < -0.3 is 5.73 Å². The lowest BCUT2D eigenvalue weighted by Crippen LogP contribution is -1.93. The first-order valence-electron chi connectivity index (χ1n) is 5.12. The van der Waals surface area contributed by atoms with E-state index in [0.717, 1.165) is 6.07 Å². The van der Waals surface area contributed by atoms with E-state index in [1.54, 1.807) is 6.07 Å². The third-order valence-corrected chi connectivity index (χ3v) is 2.78. The SMILES string of the molecule is Nc1cc(-c2cccc(Cl)c2F)cc(C(F)F)c1. The first-order chi connectivity index (χ1) is 8.49. The molecule has 0 amide bonds. The molecular weight excluding hydrogens is 263 g/mol. The molecule has 0 bridgehead atoms. The highest BCUT2D eigenvalue weighted by molar-refractivity contribution is 6.31. The largest absolute Gasteiger partial charge is 0.399 e. The molecule has 2 rings (SSSR count). The maximum absolute atomic E-state index is 13.8. The zero-order chi connectivity index (χ0) is 13.3. The van der Waals surface area contributed by atoms with Crippen LogP contribution in [0.25, 0.3) is 11.1 Å². The molecule has 0 saturated carbocycles. The van der Waals surface area contributed by atoms with Crippen molar-refractivity contribution < 1.29 is 13.2 Å². The molecule has 0 aromatic heterocycles. The number of benzene rings is 2. The summed E-state index contributed by atoms with van der Waals surface area (Å²) in [5.41, 5.74) is 5.88. The highest BCUT2D eigenvalue weighted by Crippen LogP contribution is 2.32. The second-order valence-electron chi connectivity index (χ2n) is 3.79. The lowest BCUT2D eigenvalue weighted by Gasteiger charge is -2.09. The average Bonchev–Trinajstić information content (AvgIpc) is 2.31. The third-order valence-electron chi connectivity index (χ3n) is 2.49. The molecule has 1 nitrogen and oxygen atoms in total. The van der Waals surface area contributed by atoms with Gasteiger partial charge >= 0.3 is 0 Å². The van der Waals surface area contributed by atoms with Crippen LogP contribution in [0.4, 0.5) is 18.9 Å². The summed E-state index contributed by atoms with van der Waals surface area (Å²) >= 11 is 5.65. The summed E-state index contributed by atoms with van der Waals surface area (Å²) in [5, 5.41) is -0.0616. The van der Waals surface area contributed by atoms with Gasteiger partial charge in [-0.3, -0.25) is 0 Å². The van der Waals surface area contributed by atoms with Crippen LogP contribution in [-0.4, -0.2) is 0 Å². The van der Waals surface area contributed by atoms with Gasteiger partial charge in [0.15, 0.2) is 0 Å². The van der Waals surface area contributed by atoms with Crippen LogP contribution in [0.5, 0.6) is 0 Å². The fraction of sp³-hybridized carbons (Fsp3) is 0.0769. The Kier molecular flexibility index (Phi) is 3.48. The lowest BCUT2D eigenvalue weighted by molar-refractivity contribution is 0.151. The van der Waals surface area contributed by atoms with Crippen molar-refractivity contribution >= 4 is 17.3 Å². The van der Waals surface area contributed by atoms with Crippen LogP contribution in [0.1, 0.15) is 12.0 Å². The van der Waals surface area contributed by atoms with Crippen LogP contribution < -0.4 is 5.73 Å². The molecule has 0 heterocycles. The van der Waals surface area contributed by atoms with E-state index in [2.05, 4.69) is 0 Å². The summed E-state index contributed by atoms with van der Waals surface area (Å²) in [4.78, 5) is 0. The van der Waals surface area contributed by atoms with E-state index >= 15 is 0 Å². The molecule has 2 aromatic carbocycles. The monoisotopic (exact) mass is 271 g/mol. The maximum Gasteiger partial charge on any atom is 0.263 e. The molecule has 5 heteroatoms. The second-order valence-corrected chi connectivity index (χ2v) is 4.20. The van der Waals surface area contributed by atoms with Crippen LogP contribution in [-0.2, 0) is 0 Å². The quantitative estimate of drug-likeness (QED) is 0.790. The summed E-state index contributed by atoms with van der Waals surface area (Å²) < 4.78 is 39.1. The first kappa shape index (κ1) is 12.8. The summed E-state index contributed by atoms with van der Waals surface area (Å²) in [6.45, 7) is 0. The Morgan fingerprint density at radius 1 is 1.11 bits per heavy atom. The molecule has 0 unspecified atom stereocenters. The zero-order valence-corrected chi connectivity index (χ0v) is 9.89. The number of nitrogen functional groups attached to an aromatic ring is 1. The van der Waals surface area contributed by atoms with Crippen molar-refractivity contribution in [2.75, 3.05) is 5.73 Å². The molecule has 0 atom stereocenters. The number of anilines is 1. The minimum atomic E-state index is -2.66. The van der Waals surface area contributed by atoms with Crippen molar-refractivity contribution in [1.29, 1.82) is 0 Å². The Morgan fingerprint density at radius 2 is 1.83 bits per heavy atom. The number of nitrogens with two attached hydrogens (primary N) is 1. The van der Waals surface area contributed by atoms with E-state index < -0.39 is 12.2 Å². The first-order valence-corrected chi connectivity index (χ1v) is 5.50. The van der Waals surface area contributed by atoms with E-state index in [0.29, 0.717) is 0 Å². The van der Waals surface area contributed by atoms with Crippen molar-refractivity contribution in [3.63, 3.8) is 0 Å². The van der Waals surface area contributed by atoms with E-state index in [1.807, 2.05) is 0 Å². The van der Waals surface area contributed by atoms with Crippen molar-refractivity contribution in [2.45, 2.75) is 6.43 Å². The molecule has 0 aliphatic carbocycles. The van der Waals surface area contributed by atoms with Crippen molar-refractivity contribution in [3.05, 3.63) is 52.8 Å². The Labute approximate surface area is 107 Å². The van der Waals surface area contributed by atoms with Gasteiger partial charge in [-0.15, -0.1) is 0 Å². The second kappa shape index (κ2) is 4.90. The van der Waals surface area contributed by atoms with Gasteiger partial charge in [0.1, 0.15) is 5.82 Å². The van der Waals surface area contributed by atoms with Gasteiger partial charge in [-0.25, -0.2) is 13.2 Å². The number of hydrogen-bond acceptors (Lipinski definition) is 1. The standard InChI is InChI=1S/C13H9ClF3N/c14-11-3-1-2-10(12(11)15)7-4-8(13(16)17)6-9(18)5-7/h1-6,13H,18H2. The summed E-state index contributed by atoms with van der Waals surface area (Å²) in [5.74, 6) is -0.648. The molecule has 0 fully saturated rings. The van der Waals surface area contributed by atoms with Crippen molar-refractivity contribution in [2.24, 2.45) is 0 Å². The molecular formula is C13H9ClF3N. The smallest absolute Gasteiger partial charge is 0.263 e. The van der Waals surface area contributed by atoms with E-state index in [-0.39, 0.29) is 27.4 Å². The number of hydrogen-bond donors (Lipinski definition) is 1. The Hall–Kier alpha value is -1.68. The topological polar surface area (TPSA) is 26.0 Å². The zero-order valence-electron chi connectivity index (χ0n) is 9.13. The van der Waals surface area contributed by atoms with Crippen LogP contribution >= 0.6 is 11.6 Å². The van der Waals surface area contributed by atoms with E-state index in [9.17, 15) is 13.2 Å². The van der Waals surface area contributed by atoms with Crippen LogP contribution in [0, 0.1) is 5.82 Å². The van der Waals surface area contributed by atoms with Gasteiger partial charge in [-0.1, -0.05) is 23.7 Å². The summed E-state index contributed by atoms with van der Waals surface area (Å²) in [6.07, 6.45) is -2.66. The molecule has 0 aliphatic heterocycles. The number of alkyl halides is 2. The summed E-state index contributed by atoms with van der Waals surface area (Å²) in [7, 11) is 0. The van der Waals surface area contributed by atoms with E-state index in [1.165, 1.54) is 24.3 Å². The average molecular weight is 272 g/mol. The van der Waals surface area contributed by atoms with Crippen molar-refractivity contribution in [3.8, 4) is 11.1 Å². The number of halogens is 4. The molecule has 94 valence electrons. The van der Waals surface area contributed by atoms with Crippen LogP contribution in [0.3, 0.4) is 0 Å². The van der Waals surface area contributed by atoms with Gasteiger partial charge in [0, 0.05) is 16.8 Å². The molecule has 0 spiro atoms. The van der Waals surface area contributed by atoms with Gasteiger partial charge in [0.05, 0.1) is 5.02 Å². The van der Waals surface area contributed by atoms with E-state index in [4.69, 9.17) is 17.3 Å². The predicted octanol–water partition coefficient (Wildman–Crippen LogP) is 4.67. The lowest BCUT2D eigenvalue weighted by atomic mass is 10.0. The molecule has 0 aliphatic rings. The molecule has 0 radical (unpaired) electrons. The van der Waals surface area contributed by atoms with Gasteiger partial charge in [0.25, 0.3) is 6.43 Å². The van der Waals surface area contributed by atoms with Gasteiger partial charge in [-0.05, 0) is 29.8 Å². The molecule has 0 saturated heterocycles. The molecule has 18 heavy (non-hydrogen) atoms. The molecule has 2 aromatic rings. The Bertz CT molecular complexity index is 584. The Balaban J connectivity index is 2.60. The Morgan fingerprint density at radius 3 is 2.50 bits per heavy atom. The third kappa shape index (κ3) is 2.43. The predicted molar refractivity (Wildman–Crippen MR) is 66.2 cm³/mol. The normalized spacial score (nSPS) is 10.9. The van der Waals surface area contributed by atoms with Gasteiger partial charge in [0.2, 0.25) is 0 Å². The highest BCUT2D eigenvalue weighted by Gasteiger charge is 2.13. The van der Waals surface area contributed by atoms with Crippen LogP contribution in [0.15, 0.2) is 36.4 Å². The minimum Gasteiger partial charge on any atom is -0.399 e. The van der Waals surface area contributed by atoms with Crippen molar-refractivity contribution in [1.82, 2.24) is 0 Å². The highest BCUT2D eigenvalue weighted by atomic mass is 35.5. The van der Waals surface area contributed by atoms with Crippen LogP contribution in [0.2, 0.25) is 5.02 Å². The minimum absolute atomic E-state index is 0.0616. The maximum atomic E-state index is 13.8.